The third-order valence-corrected chi connectivity index (χ3v) is 4.95. The van der Waals surface area contributed by atoms with Gasteiger partial charge < -0.3 is 9.47 Å². The van der Waals surface area contributed by atoms with Crippen LogP contribution in [0.25, 0.3) is 0 Å². The molecule has 0 aliphatic rings. The van der Waals surface area contributed by atoms with Crippen LogP contribution in [0.2, 0.25) is 0 Å². The van der Waals surface area contributed by atoms with Gasteiger partial charge in [-0.25, -0.2) is 13.2 Å². The molecule has 0 amide bonds. The number of para-hydroxylation sites is 2. The summed E-state index contributed by atoms with van der Waals surface area (Å²) < 4.78 is 36.2. The Balaban J connectivity index is 2.43. The average molecular weight is 390 g/mol. The minimum atomic E-state index is -4.16. The van der Waals surface area contributed by atoms with Gasteiger partial charge in [-0.1, -0.05) is 30.3 Å². The van der Waals surface area contributed by atoms with Crippen molar-refractivity contribution < 1.29 is 22.7 Å². The summed E-state index contributed by atoms with van der Waals surface area (Å²) in [5, 5.41) is 3.13. The van der Waals surface area contributed by atoms with E-state index < -0.39 is 20.9 Å². The van der Waals surface area contributed by atoms with Crippen molar-refractivity contribution in [2.75, 3.05) is 12.0 Å². The van der Waals surface area contributed by atoms with Crippen molar-refractivity contribution in [1.82, 2.24) is 0 Å². The first-order valence-electron chi connectivity index (χ1n) is 8.43. The van der Waals surface area contributed by atoms with E-state index in [0.29, 0.717) is 11.4 Å². The van der Waals surface area contributed by atoms with E-state index in [4.69, 9.17) is 9.47 Å². The van der Waals surface area contributed by atoms with E-state index in [1.165, 1.54) is 12.1 Å². The van der Waals surface area contributed by atoms with E-state index in [0.717, 1.165) is 0 Å². The summed E-state index contributed by atoms with van der Waals surface area (Å²) in [6.45, 7) is 5.34. The molecule has 144 valence electrons. The summed E-state index contributed by atoms with van der Waals surface area (Å²) >= 11 is 0. The van der Waals surface area contributed by atoms with Gasteiger partial charge in [0.05, 0.1) is 23.3 Å². The van der Waals surface area contributed by atoms with E-state index >= 15 is 0 Å². The Morgan fingerprint density at radius 1 is 1.07 bits per heavy atom. The van der Waals surface area contributed by atoms with Gasteiger partial charge in [0.1, 0.15) is 5.75 Å². The zero-order chi connectivity index (χ0) is 19.9. The van der Waals surface area contributed by atoms with E-state index in [2.05, 4.69) is 10.5 Å². The van der Waals surface area contributed by atoms with Crippen molar-refractivity contribution in [2.45, 2.75) is 31.8 Å². The molecule has 0 atom stereocenters. The lowest BCUT2D eigenvalue weighted by molar-refractivity contribution is -0.134. The second kappa shape index (κ2) is 9.18. The van der Waals surface area contributed by atoms with Gasteiger partial charge in [0.15, 0.2) is 0 Å². The fourth-order valence-corrected chi connectivity index (χ4v) is 3.33. The quantitative estimate of drug-likeness (QED) is 0.352. The highest BCUT2D eigenvalue weighted by atomic mass is 32.2. The molecular weight excluding hydrogens is 368 g/mol. The Morgan fingerprint density at radius 3 is 2.33 bits per heavy atom. The molecule has 0 heterocycles. The van der Waals surface area contributed by atoms with E-state index in [9.17, 15) is 13.2 Å². The summed E-state index contributed by atoms with van der Waals surface area (Å²) in [4.78, 5) is 12.2. The maximum absolute atomic E-state index is 12.8. The van der Waals surface area contributed by atoms with Crippen molar-refractivity contribution in [2.24, 2.45) is 5.10 Å². The largest absolute Gasteiger partial charge is 0.489 e. The number of hydrogen-bond acceptors (Lipinski definition) is 7. The van der Waals surface area contributed by atoms with Gasteiger partial charge >= 0.3 is 5.97 Å². The van der Waals surface area contributed by atoms with Crippen LogP contribution in [0.3, 0.4) is 0 Å². The molecule has 0 saturated heterocycles. The predicted molar refractivity (Wildman–Crippen MR) is 104 cm³/mol. The number of nitrogens with zero attached hydrogens (tertiary/aromatic N) is 1. The molecule has 0 saturated carbocycles. The summed E-state index contributed by atoms with van der Waals surface area (Å²) in [7, 11) is -4.16. The molecule has 2 aromatic carbocycles. The number of nitrogens with one attached hydrogen (secondary N) is 1. The normalized spacial score (nSPS) is 11.9. The van der Waals surface area contributed by atoms with E-state index in [1.54, 1.807) is 49.4 Å². The molecule has 1 N–H and O–H groups in total. The van der Waals surface area contributed by atoms with Crippen LogP contribution >= 0.6 is 0 Å². The van der Waals surface area contributed by atoms with Crippen molar-refractivity contribution in [1.29, 1.82) is 0 Å². The number of hydrazone groups is 1. The molecule has 2 aromatic rings. The molecule has 0 spiro atoms. The number of sulfone groups is 1. The lowest BCUT2D eigenvalue weighted by atomic mass is 10.3. The first-order chi connectivity index (χ1) is 12.9. The van der Waals surface area contributed by atoms with Crippen molar-refractivity contribution in [3.8, 4) is 5.75 Å². The fraction of sp³-hybridized carbons (Fsp3) is 0.263. The van der Waals surface area contributed by atoms with Crippen LogP contribution in [0, 0.1) is 0 Å². The molecule has 0 aliphatic carbocycles. The molecule has 7 nitrogen and oxygen atoms in total. The zero-order valence-corrected chi connectivity index (χ0v) is 16.2. The second-order valence-electron chi connectivity index (χ2n) is 5.73. The maximum Gasteiger partial charge on any atom is 0.371 e. The monoisotopic (exact) mass is 390 g/mol. The third kappa shape index (κ3) is 5.30. The highest BCUT2D eigenvalue weighted by Gasteiger charge is 2.30. The molecule has 27 heavy (non-hydrogen) atoms. The molecule has 0 radical (unpaired) electrons. The first kappa shape index (κ1) is 20.4. The van der Waals surface area contributed by atoms with E-state index in [-0.39, 0.29) is 17.6 Å². The van der Waals surface area contributed by atoms with Gasteiger partial charge in [-0.15, -0.1) is 0 Å². The Morgan fingerprint density at radius 2 is 1.70 bits per heavy atom. The van der Waals surface area contributed by atoms with E-state index in [1.807, 2.05) is 13.8 Å². The maximum atomic E-state index is 12.8. The smallest absolute Gasteiger partial charge is 0.371 e. The van der Waals surface area contributed by atoms with Crippen LogP contribution in [0.1, 0.15) is 20.8 Å². The van der Waals surface area contributed by atoms with Crippen LogP contribution in [0.4, 0.5) is 5.69 Å². The predicted octanol–water partition coefficient (Wildman–Crippen LogP) is 3.24. The minimum Gasteiger partial charge on any atom is -0.489 e. The van der Waals surface area contributed by atoms with Gasteiger partial charge in [-0.3, -0.25) is 5.43 Å². The highest BCUT2D eigenvalue weighted by molar-refractivity contribution is 8.08. The Hall–Kier alpha value is -2.87. The fourth-order valence-electron chi connectivity index (χ4n) is 2.15. The first-order valence-corrected chi connectivity index (χ1v) is 9.91. The van der Waals surface area contributed by atoms with Crippen LogP contribution in [0.15, 0.2) is 64.6 Å². The molecule has 2 rings (SSSR count). The second-order valence-corrected chi connectivity index (χ2v) is 7.59. The number of benzene rings is 2. The van der Waals surface area contributed by atoms with Crippen LogP contribution in [-0.4, -0.2) is 32.1 Å². The summed E-state index contributed by atoms with van der Waals surface area (Å²) in [5.74, 6) is -0.548. The van der Waals surface area contributed by atoms with Crippen LogP contribution < -0.4 is 10.2 Å². The molecule has 0 aliphatic heterocycles. The number of carbonyl (C=O) groups excluding carboxylic acids is 1. The van der Waals surface area contributed by atoms with Gasteiger partial charge in [0, 0.05) is 0 Å². The number of anilines is 1. The molecular formula is C19H22N2O5S. The number of hydrogen-bond donors (Lipinski definition) is 1. The van der Waals surface area contributed by atoms with Gasteiger partial charge in [0.25, 0.3) is 5.04 Å². The van der Waals surface area contributed by atoms with Crippen LogP contribution in [0.5, 0.6) is 5.75 Å². The topological polar surface area (TPSA) is 94.1 Å². The summed E-state index contributed by atoms with van der Waals surface area (Å²) in [5.41, 5.74) is 3.04. The van der Waals surface area contributed by atoms with Gasteiger partial charge in [-0.2, -0.15) is 5.10 Å². The Labute approximate surface area is 158 Å². The minimum absolute atomic E-state index is 0.0230. The van der Waals surface area contributed by atoms with Crippen molar-refractivity contribution in [3.63, 3.8) is 0 Å². The molecule has 0 fully saturated rings. The SMILES string of the molecule is CCOC(=O)/C(=N/Nc1ccccc1OC(C)C)S(=O)(=O)c1ccccc1. The molecule has 0 bridgehead atoms. The number of carbonyl (C=O) groups is 1. The Kier molecular flexibility index (Phi) is 6.95. The lowest BCUT2D eigenvalue weighted by Gasteiger charge is -2.14. The Bertz CT molecular complexity index is 909. The number of esters is 1. The van der Waals surface area contributed by atoms with Crippen molar-refractivity contribution in [3.05, 3.63) is 54.6 Å². The standard InChI is InChI=1S/C19H22N2O5S/c1-4-25-19(22)18(27(23,24)15-10-6-5-7-11-15)21-20-16-12-8-9-13-17(16)26-14(2)3/h5-14,20H,4H2,1-3H3/b21-18-. The number of ether oxygens (including phenoxy) is 2. The van der Waals surface area contributed by atoms with Gasteiger partial charge in [-0.05, 0) is 45.0 Å². The molecule has 0 unspecified atom stereocenters. The molecule has 8 heteroatoms. The molecule has 0 aromatic heterocycles. The highest BCUT2D eigenvalue weighted by Crippen LogP contribution is 2.25. The number of rotatable bonds is 6. The van der Waals surface area contributed by atoms with Crippen LogP contribution in [-0.2, 0) is 19.4 Å². The summed E-state index contributed by atoms with van der Waals surface area (Å²) in [6, 6.07) is 14.5. The average Bonchev–Trinajstić information content (AvgIpc) is 2.63. The lowest BCUT2D eigenvalue weighted by Crippen LogP contribution is -2.28. The van der Waals surface area contributed by atoms with Crippen molar-refractivity contribution >= 4 is 26.5 Å². The summed E-state index contributed by atoms with van der Waals surface area (Å²) in [6.07, 6.45) is -0.0884. The third-order valence-electron chi connectivity index (χ3n) is 3.29. The van der Waals surface area contributed by atoms with Gasteiger partial charge in [0.2, 0.25) is 9.84 Å². The zero-order valence-electron chi connectivity index (χ0n) is 15.4.